The molecular weight excluding hydrogens is 354 g/mol. The van der Waals surface area contributed by atoms with Crippen LogP contribution in [0.1, 0.15) is 31.4 Å². The fourth-order valence-corrected chi connectivity index (χ4v) is 3.63. The lowest BCUT2D eigenvalue weighted by molar-refractivity contribution is -0.385. The van der Waals surface area contributed by atoms with E-state index in [2.05, 4.69) is 0 Å². The van der Waals surface area contributed by atoms with Crippen molar-refractivity contribution in [2.24, 2.45) is 11.7 Å². The SMILES string of the molecule is Cc1cc([N+](=O)[O-])cc(S(=O)(=O)N(C)CCC(N)C(C)C)c1C.Cl. The number of aryl methyl sites for hydroxylation is 1. The van der Waals surface area contributed by atoms with Crippen LogP contribution in [0.5, 0.6) is 0 Å². The van der Waals surface area contributed by atoms with Crippen LogP contribution in [-0.2, 0) is 10.0 Å². The van der Waals surface area contributed by atoms with Crippen molar-refractivity contribution in [1.82, 2.24) is 4.31 Å². The van der Waals surface area contributed by atoms with E-state index in [9.17, 15) is 18.5 Å². The Bertz CT molecular complexity index is 692. The largest absolute Gasteiger partial charge is 0.327 e. The van der Waals surface area contributed by atoms with Gasteiger partial charge in [0.05, 0.1) is 9.82 Å². The molecule has 0 spiro atoms. The molecule has 0 aliphatic heterocycles. The number of hydrogen-bond acceptors (Lipinski definition) is 5. The minimum absolute atomic E-state index is 0. The Morgan fingerprint density at radius 1 is 1.29 bits per heavy atom. The Hall–Kier alpha value is -1.22. The van der Waals surface area contributed by atoms with Crippen molar-refractivity contribution >= 4 is 28.1 Å². The van der Waals surface area contributed by atoms with Crippen molar-refractivity contribution in [3.8, 4) is 0 Å². The molecule has 1 atom stereocenters. The van der Waals surface area contributed by atoms with Crippen LogP contribution in [0.4, 0.5) is 5.69 Å². The highest BCUT2D eigenvalue weighted by molar-refractivity contribution is 7.89. The maximum atomic E-state index is 12.7. The number of halogens is 1. The fourth-order valence-electron chi connectivity index (χ4n) is 2.13. The molecule has 1 unspecified atom stereocenters. The van der Waals surface area contributed by atoms with Gasteiger partial charge in [-0.25, -0.2) is 12.7 Å². The van der Waals surface area contributed by atoms with Gasteiger partial charge >= 0.3 is 0 Å². The Morgan fingerprint density at radius 3 is 2.29 bits per heavy atom. The molecule has 1 rings (SSSR count). The molecule has 2 N–H and O–H groups in total. The Labute approximate surface area is 149 Å². The van der Waals surface area contributed by atoms with Crippen LogP contribution in [0.15, 0.2) is 17.0 Å². The topological polar surface area (TPSA) is 107 Å². The summed E-state index contributed by atoms with van der Waals surface area (Å²) in [5.74, 6) is 0.257. The van der Waals surface area contributed by atoms with Crippen molar-refractivity contribution in [2.45, 2.75) is 45.1 Å². The first-order valence-electron chi connectivity index (χ1n) is 7.46. The summed E-state index contributed by atoms with van der Waals surface area (Å²) in [7, 11) is -2.33. The minimum Gasteiger partial charge on any atom is -0.327 e. The number of non-ortho nitro benzene ring substituents is 1. The maximum absolute atomic E-state index is 12.7. The number of benzene rings is 1. The predicted molar refractivity (Wildman–Crippen MR) is 97.1 cm³/mol. The zero-order valence-electron chi connectivity index (χ0n) is 14.6. The Kier molecular flexibility index (Phi) is 8.31. The van der Waals surface area contributed by atoms with Crippen molar-refractivity contribution < 1.29 is 13.3 Å². The van der Waals surface area contributed by atoms with Gasteiger partial charge in [-0.1, -0.05) is 13.8 Å². The molecule has 0 fully saturated rings. The lowest BCUT2D eigenvalue weighted by Gasteiger charge is -2.22. The zero-order valence-corrected chi connectivity index (χ0v) is 16.3. The quantitative estimate of drug-likeness (QED) is 0.578. The second-order valence-corrected chi connectivity index (χ2v) is 8.18. The molecule has 1 aromatic rings. The van der Waals surface area contributed by atoms with Gasteiger partial charge in [-0.15, -0.1) is 12.4 Å². The highest BCUT2D eigenvalue weighted by Gasteiger charge is 2.26. The second kappa shape index (κ2) is 8.75. The van der Waals surface area contributed by atoms with E-state index in [0.717, 1.165) is 6.07 Å². The molecule has 24 heavy (non-hydrogen) atoms. The summed E-state index contributed by atoms with van der Waals surface area (Å²) in [6, 6.07) is 2.40. The van der Waals surface area contributed by atoms with Crippen molar-refractivity contribution in [2.75, 3.05) is 13.6 Å². The number of nitrogens with two attached hydrogens (primary N) is 1. The molecule has 0 aliphatic rings. The average Bonchev–Trinajstić information content (AvgIpc) is 2.46. The van der Waals surface area contributed by atoms with Gasteiger partial charge in [-0.05, 0) is 37.3 Å². The standard InChI is InChI=1S/C15H25N3O4S.ClH/c1-10(2)14(16)6-7-17(5)23(21,22)15-9-13(18(19)20)8-11(3)12(15)4;/h8-10,14H,6-7,16H2,1-5H3;1H. The number of nitro groups is 1. The Morgan fingerprint density at radius 2 is 1.83 bits per heavy atom. The lowest BCUT2D eigenvalue weighted by atomic mass is 10.0. The molecule has 0 heterocycles. The van der Waals surface area contributed by atoms with Crippen LogP contribution < -0.4 is 5.73 Å². The van der Waals surface area contributed by atoms with Gasteiger partial charge < -0.3 is 5.73 Å². The normalized spacial score (nSPS) is 13.0. The summed E-state index contributed by atoms with van der Waals surface area (Å²) >= 11 is 0. The molecule has 0 radical (unpaired) electrons. The van der Waals surface area contributed by atoms with Crippen molar-refractivity contribution in [3.63, 3.8) is 0 Å². The van der Waals surface area contributed by atoms with E-state index in [1.807, 2.05) is 13.8 Å². The van der Waals surface area contributed by atoms with Crippen LogP contribution in [0.2, 0.25) is 0 Å². The van der Waals surface area contributed by atoms with Gasteiger partial charge in [0.2, 0.25) is 10.0 Å². The summed E-state index contributed by atoms with van der Waals surface area (Å²) in [6.45, 7) is 7.54. The van der Waals surface area contributed by atoms with Gasteiger partial charge in [0, 0.05) is 31.8 Å². The second-order valence-electron chi connectivity index (χ2n) is 6.17. The van der Waals surface area contributed by atoms with E-state index >= 15 is 0 Å². The third-order valence-corrected chi connectivity index (χ3v) is 6.12. The first-order chi connectivity index (χ1) is 10.5. The predicted octanol–water partition coefficient (Wildman–Crippen LogP) is 2.63. The lowest BCUT2D eigenvalue weighted by Crippen LogP contribution is -2.35. The van der Waals surface area contributed by atoms with E-state index in [-0.39, 0.29) is 41.5 Å². The van der Waals surface area contributed by atoms with E-state index in [1.165, 1.54) is 17.4 Å². The van der Waals surface area contributed by atoms with E-state index in [0.29, 0.717) is 17.5 Å². The van der Waals surface area contributed by atoms with Gasteiger partial charge in [0.15, 0.2) is 0 Å². The number of nitro benzene ring substituents is 1. The van der Waals surface area contributed by atoms with E-state index < -0.39 is 14.9 Å². The molecule has 138 valence electrons. The molecule has 1 aromatic carbocycles. The van der Waals surface area contributed by atoms with Crippen molar-refractivity contribution in [3.05, 3.63) is 33.4 Å². The third-order valence-electron chi connectivity index (χ3n) is 4.14. The summed E-state index contributed by atoms with van der Waals surface area (Å²) in [5.41, 5.74) is 6.83. The summed E-state index contributed by atoms with van der Waals surface area (Å²) in [6.07, 6.45) is 0.528. The molecule has 9 heteroatoms. The molecule has 0 aromatic heterocycles. The fraction of sp³-hybridized carbons (Fsp3) is 0.600. The summed E-state index contributed by atoms with van der Waals surface area (Å²) in [4.78, 5) is 10.4. The molecule has 0 saturated heterocycles. The van der Waals surface area contributed by atoms with Crippen LogP contribution in [0, 0.1) is 29.9 Å². The molecular formula is C15H26ClN3O4S. The molecule has 0 aliphatic carbocycles. The number of nitrogens with zero attached hydrogens (tertiary/aromatic N) is 2. The summed E-state index contributed by atoms with van der Waals surface area (Å²) < 4.78 is 26.7. The molecule has 0 bridgehead atoms. The maximum Gasteiger partial charge on any atom is 0.271 e. The van der Waals surface area contributed by atoms with E-state index in [4.69, 9.17) is 5.73 Å². The first kappa shape index (κ1) is 22.8. The van der Waals surface area contributed by atoms with Gasteiger partial charge in [0.1, 0.15) is 0 Å². The monoisotopic (exact) mass is 379 g/mol. The smallest absolute Gasteiger partial charge is 0.271 e. The highest BCUT2D eigenvalue weighted by atomic mass is 35.5. The van der Waals surface area contributed by atoms with Gasteiger partial charge in [0.25, 0.3) is 5.69 Å². The molecule has 0 saturated carbocycles. The Balaban J connectivity index is 0.00000529. The average molecular weight is 380 g/mol. The van der Waals surface area contributed by atoms with Gasteiger partial charge in [-0.3, -0.25) is 10.1 Å². The van der Waals surface area contributed by atoms with E-state index in [1.54, 1.807) is 13.8 Å². The third kappa shape index (κ3) is 5.14. The number of hydrogen-bond donors (Lipinski definition) is 1. The van der Waals surface area contributed by atoms with Crippen LogP contribution in [-0.4, -0.2) is 37.3 Å². The number of rotatable bonds is 7. The minimum atomic E-state index is -3.80. The van der Waals surface area contributed by atoms with Gasteiger partial charge in [-0.2, -0.15) is 0 Å². The summed E-state index contributed by atoms with van der Waals surface area (Å²) in [5, 5.41) is 11.0. The highest BCUT2D eigenvalue weighted by Crippen LogP contribution is 2.27. The number of sulfonamides is 1. The molecule has 7 nitrogen and oxygen atoms in total. The van der Waals surface area contributed by atoms with Crippen LogP contribution >= 0.6 is 12.4 Å². The van der Waals surface area contributed by atoms with Crippen molar-refractivity contribution in [1.29, 1.82) is 0 Å². The van der Waals surface area contributed by atoms with Crippen LogP contribution in [0.3, 0.4) is 0 Å². The zero-order chi connectivity index (χ0) is 17.9. The molecule has 0 amide bonds. The van der Waals surface area contributed by atoms with Crippen LogP contribution in [0.25, 0.3) is 0 Å². The first-order valence-corrected chi connectivity index (χ1v) is 8.90.